The Morgan fingerprint density at radius 3 is 2.63 bits per heavy atom. The van der Waals surface area contributed by atoms with Crippen molar-refractivity contribution in [1.82, 2.24) is 0 Å². The van der Waals surface area contributed by atoms with Crippen molar-refractivity contribution in [2.24, 2.45) is 0 Å². The van der Waals surface area contributed by atoms with E-state index in [1.165, 1.54) is 0 Å². The molecule has 0 spiro atoms. The lowest BCUT2D eigenvalue weighted by Crippen LogP contribution is -2.14. The third kappa shape index (κ3) is 3.23. The van der Waals surface area contributed by atoms with Gasteiger partial charge in [0.1, 0.15) is 4.88 Å². The number of aromatic carboxylic acids is 1. The van der Waals surface area contributed by atoms with Crippen molar-refractivity contribution in [2.75, 3.05) is 5.32 Å². The van der Waals surface area contributed by atoms with E-state index >= 15 is 0 Å². The second-order valence-corrected chi connectivity index (χ2v) is 6.23. The van der Waals surface area contributed by atoms with Gasteiger partial charge in [-0.3, -0.25) is 4.79 Å². The van der Waals surface area contributed by atoms with Gasteiger partial charge in [-0.15, -0.1) is 11.3 Å². The number of benzene rings is 1. The summed E-state index contributed by atoms with van der Waals surface area (Å²) in [5.41, 5.74) is 0.728. The van der Waals surface area contributed by atoms with Crippen LogP contribution in [0.3, 0.4) is 0 Å². The summed E-state index contributed by atoms with van der Waals surface area (Å²) in [7, 11) is 0. The lowest BCUT2D eigenvalue weighted by molar-refractivity contribution is 0.0703. The number of hydrogen-bond donors (Lipinski definition) is 2. The Hall–Kier alpha value is -1.18. The van der Waals surface area contributed by atoms with Gasteiger partial charge in [-0.2, -0.15) is 0 Å². The summed E-state index contributed by atoms with van der Waals surface area (Å²) in [6.07, 6.45) is 0. The summed E-state index contributed by atoms with van der Waals surface area (Å²) in [4.78, 5) is 23.2. The fourth-order valence-corrected chi connectivity index (χ4v) is 2.91. The van der Waals surface area contributed by atoms with E-state index in [4.69, 9.17) is 5.11 Å². The molecule has 19 heavy (non-hydrogen) atoms. The van der Waals surface area contributed by atoms with Crippen molar-refractivity contribution in [3.05, 3.63) is 49.0 Å². The SMILES string of the molecule is O=C(Nc1ccsc1C(=O)O)c1cc(Br)ccc1Br. The monoisotopic (exact) mass is 403 g/mol. The van der Waals surface area contributed by atoms with Crippen LogP contribution in [0.4, 0.5) is 5.69 Å². The zero-order valence-corrected chi connectivity index (χ0v) is 13.3. The Kier molecular flexibility index (Phi) is 4.38. The molecule has 2 N–H and O–H groups in total. The molecular formula is C12H7Br2NO3S. The molecule has 2 aromatic rings. The summed E-state index contributed by atoms with van der Waals surface area (Å²) in [6.45, 7) is 0. The lowest BCUT2D eigenvalue weighted by Gasteiger charge is -2.07. The number of carbonyl (C=O) groups excluding carboxylic acids is 1. The molecule has 1 heterocycles. The van der Waals surface area contributed by atoms with Crippen molar-refractivity contribution in [1.29, 1.82) is 0 Å². The highest BCUT2D eigenvalue weighted by molar-refractivity contribution is 9.11. The quantitative estimate of drug-likeness (QED) is 0.804. The van der Waals surface area contributed by atoms with Gasteiger partial charge >= 0.3 is 5.97 Å². The number of hydrogen-bond acceptors (Lipinski definition) is 3. The smallest absolute Gasteiger partial charge is 0.348 e. The van der Waals surface area contributed by atoms with E-state index in [1.54, 1.807) is 29.6 Å². The van der Waals surface area contributed by atoms with Gasteiger partial charge in [0.25, 0.3) is 5.91 Å². The number of carbonyl (C=O) groups is 2. The molecule has 0 saturated heterocycles. The molecule has 2 rings (SSSR count). The zero-order chi connectivity index (χ0) is 14.0. The second kappa shape index (κ2) is 5.85. The number of halogens is 2. The first-order chi connectivity index (χ1) is 8.99. The van der Waals surface area contributed by atoms with Crippen molar-refractivity contribution >= 4 is 60.8 Å². The number of thiophene rings is 1. The molecule has 0 aliphatic rings. The largest absolute Gasteiger partial charge is 0.477 e. The van der Waals surface area contributed by atoms with Crippen LogP contribution < -0.4 is 5.32 Å². The van der Waals surface area contributed by atoms with Crippen molar-refractivity contribution in [2.45, 2.75) is 0 Å². The average molecular weight is 405 g/mol. The molecule has 7 heteroatoms. The third-order valence-corrected chi connectivity index (χ3v) is 4.37. The molecular weight excluding hydrogens is 398 g/mol. The van der Waals surface area contributed by atoms with E-state index in [0.717, 1.165) is 15.8 Å². The van der Waals surface area contributed by atoms with Crippen LogP contribution >= 0.6 is 43.2 Å². The zero-order valence-electron chi connectivity index (χ0n) is 9.31. The van der Waals surface area contributed by atoms with Gasteiger partial charge in [0.15, 0.2) is 0 Å². The number of anilines is 1. The number of amides is 1. The standard InChI is InChI=1S/C12H7Br2NO3S/c13-6-1-2-8(14)7(5-6)11(16)15-9-3-4-19-10(9)12(17)18/h1-5H,(H,15,16)(H,17,18). The fourth-order valence-electron chi connectivity index (χ4n) is 1.43. The van der Waals surface area contributed by atoms with E-state index in [1.807, 2.05) is 0 Å². The summed E-state index contributed by atoms with van der Waals surface area (Å²) in [5.74, 6) is -1.42. The van der Waals surface area contributed by atoms with Crippen molar-refractivity contribution < 1.29 is 14.7 Å². The van der Waals surface area contributed by atoms with Gasteiger partial charge in [0.05, 0.1) is 11.3 Å². The van der Waals surface area contributed by atoms with Crippen LogP contribution in [-0.2, 0) is 0 Å². The summed E-state index contributed by atoms with van der Waals surface area (Å²) in [5, 5.41) is 13.2. The Balaban J connectivity index is 2.28. The minimum atomic E-state index is -1.06. The van der Waals surface area contributed by atoms with Crippen LogP contribution in [0.25, 0.3) is 0 Å². The van der Waals surface area contributed by atoms with Crippen molar-refractivity contribution in [3.63, 3.8) is 0 Å². The van der Waals surface area contributed by atoms with Gasteiger partial charge in [-0.1, -0.05) is 15.9 Å². The topological polar surface area (TPSA) is 66.4 Å². The molecule has 1 aromatic carbocycles. The normalized spacial score (nSPS) is 10.2. The molecule has 1 amide bonds. The first kappa shape index (κ1) is 14.2. The van der Waals surface area contributed by atoms with Gasteiger partial charge in [0, 0.05) is 8.95 Å². The number of rotatable bonds is 3. The molecule has 0 aliphatic heterocycles. The van der Waals surface area contributed by atoms with Crippen LogP contribution in [0.15, 0.2) is 38.6 Å². The number of nitrogens with one attached hydrogen (secondary N) is 1. The molecule has 0 radical (unpaired) electrons. The second-order valence-electron chi connectivity index (χ2n) is 3.55. The molecule has 4 nitrogen and oxygen atoms in total. The molecule has 0 bridgehead atoms. The molecule has 98 valence electrons. The van der Waals surface area contributed by atoms with E-state index in [9.17, 15) is 9.59 Å². The highest BCUT2D eigenvalue weighted by Gasteiger charge is 2.16. The Bertz CT molecular complexity index is 654. The number of carboxylic acid groups (broad SMARTS) is 1. The van der Waals surface area contributed by atoms with Gasteiger partial charge in [0.2, 0.25) is 0 Å². The average Bonchev–Trinajstić information content (AvgIpc) is 2.80. The maximum absolute atomic E-state index is 12.1. The van der Waals surface area contributed by atoms with E-state index in [-0.39, 0.29) is 10.8 Å². The Morgan fingerprint density at radius 1 is 1.21 bits per heavy atom. The highest BCUT2D eigenvalue weighted by Crippen LogP contribution is 2.26. The molecule has 0 aliphatic carbocycles. The minimum absolute atomic E-state index is 0.111. The van der Waals surface area contributed by atoms with Crippen LogP contribution in [0.1, 0.15) is 20.0 Å². The van der Waals surface area contributed by atoms with E-state index < -0.39 is 5.97 Å². The van der Waals surface area contributed by atoms with Crippen LogP contribution in [0.2, 0.25) is 0 Å². The van der Waals surface area contributed by atoms with Gasteiger partial charge < -0.3 is 10.4 Å². The Morgan fingerprint density at radius 2 is 1.95 bits per heavy atom. The highest BCUT2D eigenvalue weighted by atomic mass is 79.9. The van der Waals surface area contributed by atoms with Crippen LogP contribution in [0.5, 0.6) is 0 Å². The van der Waals surface area contributed by atoms with Crippen LogP contribution in [0, 0.1) is 0 Å². The minimum Gasteiger partial charge on any atom is -0.477 e. The van der Waals surface area contributed by atoms with Crippen molar-refractivity contribution in [3.8, 4) is 0 Å². The maximum atomic E-state index is 12.1. The lowest BCUT2D eigenvalue weighted by atomic mass is 10.2. The van der Waals surface area contributed by atoms with E-state index in [0.29, 0.717) is 15.7 Å². The predicted octanol–water partition coefficient (Wildman–Crippen LogP) is 4.22. The molecule has 0 fully saturated rings. The molecule has 0 saturated carbocycles. The van der Waals surface area contributed by atoms with Gasteiger partial charge in [-0.25, -0.2) is 4.79 Å². The first-order valence-corrected chi connectivity index (χ1v) is 7.53. The molecule has 0 unspecified atom stereocenters. The van der Waals surface area contributed by atoms with Gasteiger partial charge in [-0.05, 0) is 45.6 Å². The Labute approximate surface area is 129 Å². The summed E-state index contributed by atoms with van der Waals surface area (Å²) in [6, 6.07) is 6.77. The predicted molar refractivity (Wildman–Crippen MR) is 81.1 cm³/mol. The summed E-state index contributed by atoms with van der Waals surface area (Å²) < 4.78 is 1.41. The third-order valence-electron chi connectivity index (χ3n) is 2.28. The number of carboxylic acids is 1. The molecule has 0 atom stereocenters. The molecule has 1 aromatic heterocycles. The fraction of sp³-hybridized carbons (Fsp3) is 0. The first-order valence-electron chi connectivity index (χ1n) is 5.06. The van der Waals surface area contributed by atoms with E-state index in [2.05, 4.69) is 37.2 Å². The maximum Gasteiger partial charge on any atom is 0.348 e. The van der Waals surface area contributed by atoms with Crippen LogP contribution in [-0.4, -0.2) is 17.0 Å². The summed E-state index contributed by atoms with van der Waals surface area (Å²) >= 11 is 7.64.